The maximum Gasteiger partial charge on any atom is 0.0715 e. The smallest absolute Gasteiger partial charge is 0.0715 e. The number of hydrogen-bond donors (Lipinski definition) is 0. The molecule has 0 radical (unpaired) electrons. The van der Waals surface area contributed by atoms with Crippen LogP contribution in [0.2, 0.25) is 0 Å². The van der Waals surface area contributed by atoms with Gasteiger partial charge in [0, 0.05) is 50.9 Å². The lowest BCUT2D eigenvalue weighted by atomic mass is 9.96. The Labute approximate surface area is 339 Å². The number of pyridine rings is 1. The quantitative estimate of drug-likeness (QED) is 0.137. The number of fused-ring (bicyclic) bond motifs is 4. The lowest BCUT2D eigenvalue weighted by Gasteiger charge is -2.22. The number of para-hydroxylation sites is 3. The minimum atomic E-state index is 0.792. The first-order valence-electron chi connectivity index (χ1n) is 19.9. The van der Waals surface area contributed by atoms with Gasteiger partial charge in [0.25, 0.3) is 0 Å². The van der Waals surface area contributed by atoms with Gasteiger partial charge in [-0.2, -0.15) is 0 Å². The molecule has 0 bridgehead atoms. The summed E-state index contributed by atoms with van der Waals surface area (Å²) in [6.07, 6.45) is 9.34. The standard InChI is InChI=1S/C55H41N3/c1-2-3-4-7-22-43-38-57(52-26-15-12-23-46(43)52)45-33-34-55(58-53-27-16-13-24-47(53)48-25-14-17-28-54(48)58)49(37-45)40-31-29-39(30-32-40)44-35-50(41-18-8-5-9-19-41)56-51(36-44)42-20-10-6-11-21-42/h2,4-37H,1,3,38H2/b7-4-,43-22+. The lowest BCUT2D eigenvalue weighted by molar-refractivity contribution is 1.14. The Morgan fingerprint density at radius 2 is 1.09 bits per heavy atom. The Balaban J connectivity index is 1.12. The van der Waals surface area contributed by atoms with Gasteiger partial charge >= 0.3 is 0 Å². The molecule has 7 aromatic carbocycles. The molecule has 0 N–H and O–H groups in total. The maximum absolute atomic E-state index is 5.13. The Hall–Kier alpha value is -7.49. The zero-order valence-electron chi connectivity index (χ0n) is 32.2. The van der Waals surface area contributed by atoms with E-state index in [2.05, 4.69) is 210 Å². The van der Waals surface area contributed by atoms with E-state index < -0.39 is 0 Å². The van der Waals surface area contributed by atoms with Crippen LogP contribution in [-0.4, -0.2) is 16.1 Å². The summed E-state index contributed by atoms with van der Waals surface area (Å²) in [6, 6.07) is 67.6. The van der Waals surface area contributed by atoms with Crippen LogP contribution in [0, 0.1) is 0 Å². The van der Waals surface area contributed by atoms with Crippen molar-refractivity contribution < 1.29 is 0 Å². The molecule has 0 atom stereocenters. The largest absolute Gasteiger partial charge is 0.336 e. The molecule has 1 aliphatic heterocycles. The van der Waals surface area contributed by atoms with Gasteiger partial charge in [-0.15, -0.1) is 6.58 Å². The van der Waals surface area contributed by atoms with Gasteiger partial charge in [0.2, 0.25) is 0 Å². The third-order valence-electron chi connectivity index (χ3n) is 11.2. The average molecular weight is 744 g/mol. The van der Waals surface area contributed by atoms with Crippen molar-refractivity contribution in [2.45, 2.75) is 6.42 Å². The third kappa shape index (κ3) is 6.43. The van der Waals surface area contributed by atoms with E-state index in [9.17, 15) is 0 Å². The van der Waals surface area contributed by atoms with Gasteiger partial charge in [-0.25, -0.2) is 4.98 Å². The molecular formula is C55H41N3. The normalized spacial score (nSPS) is 13.2. The van der Waals surface area contributed by atoms with Gasteiger partial charge in [-0.05, 0) is 77.2 Å². The van der Waals surface area contributed by atoms with Gasteiger partial charge in [-0.1, -0.05) is 164 Å². The SMILES string of the molecule is C=CC/C=C\C=C1/CN(c2ccc(-n3c4ccccc4c4ccccc43)c(-c3ccc(-c4cc(-c5ccccc5)nc(-c5ccccc5)c4)cc3)c2)c2ccccc21. The fourth-order valence-corrected chi connectivity index (χ4v) is 8.41. The number of hydrogen-bond acceptors (Lipinski definition) is 2. The van der Waals surface area contributed by atoms with Gasteiger partial charge in [0.05, 0.1) is 28.1 Å². The zero-order chi connectivity index (χ0) is 38.8. The van der Waals surface area contributed by atoms with E-state index in [-0.39, 0.29) is 0 Å². The molecule has 3 heteroatoms. The molecule has 10 rings (SSSR count). The molecule has 9 aromatic rings. The van der Waals surface area contributed by atoms with Crippen LogP contribution < -0.4 is 4.90 Å². The highest BCUT2D eigenvalue weighted by atomic mass is 15.2. The Morgan fingerprint density at radius 3 is 1.74 bits per heavy atom. The molecule has 0 fully saturated rings. The van der Waals surface area contributed by atoms with Crippen LogP contribution in [0.4, 0.5) is 11.4 Å². The highest BCUT2D eigenvalue weighted by Crippen LogP contribution is 2.44. The summed E-state index contributed by atoms with van der Waals surface area (Å²) in [5.74, 6) is 0. The highest BCUT2D eigenvalue weighted by molar-refractivity contribution is 6.10. The first kappa shape index (κ1) is 35.0. The van der Waals surface area contributed by atoms with E-state index in [4.69, 9.17) is 4.98 Å². The zero-order valence-corrected chi connectivity index (χ0v) is 32.2. The summed E-state index contributed by atoms with van der Waals surface area (Å²) >= 11 is 0. The van der Waals surface area contributed by atoms with Crippen molar-refractivity contribution in [2.24, 2.45) is 0 Å². The summed E-state index contributed by atoms with van der Waals surface area (Å²) in [5.41, 5.74) is 17.2. The molecule has 0 spiro atoms. The third-order valence-corrected chi connectivity index (χ3v) is 11.2. The molecule has 0 unspecified atom stereocenters. The predicted molar refractivity (Wildman–Crippen MR) is 246 cm³/mol. The molecule has 0 amide bonds. The van der Waals surface area contributed by atoms with Crippen LogP contribution in [0.3, 0.4) is 0 Å². The summed E-state index contributed by atoms with van der Waals surface area (Å²) in [5, 5.41) is 2.50. The Bertz CT molecular complexity index is 2890. The molecule has 0 saturated heterocycles. The van der Waals surface area contributed by atoms with Crippen LogP contribution in [0.1, 0.15) is 12.0 Å². The van der Waals surface area contributed by atoms with Crippen LogP contribution >= 0.6 is 0 Å². The average Bonchev–Trinajstić information content (AvgIpc) is 3.84. The van der Waals surface area contributed by atoms with E-state index in [0.717, 1.165) is 63.5 Å². The summed E-state index contributed by atoms with van der Waals surface area (Å²) in [4.78, 5) is 7.58. The van der Waals surface area contributed by atoms with Gasteiger partial charge in [0.1, 0.15) is 0 Å². The molecule has 0 aliphatic carbocycles. The minimum absolute atomic E-state index is 0.792. The Morgan fingerprint density at radius 1 is 0.500 bits per heavy atom. The van der Waals surface area contributed by atoms with Gasteiger partial charge < -0.3 is 9.47 Å². The molecule has 276 valence electrons. The summed E-state index contributed by atoms with van der Waals surface area (Å²) in [6.45, 7) is 4.67. The van der Waals surface area contributed by atoms with Crippen LogP contribution in [0.25, 0.3) is 77.8 Å². The number of aromatic nitrogens is 2. The summed E-state index contributed by atoms with van der Waals surface area (Å²) < 4.78 is 2.44. The maximum atomic E-state index is 5.13. The second-order valence-corrected chi connectivity index (χ2v) is 14.8. The number of nitrogens with zero attached hydrogens (tertiary/aromatic N) is 3. The van der Waals surface area contributed by atoms with E-state index >= 15 is 0 Å². The van der Waals surface area contributed by atoms with E-state index in [0.29, 0.717) is 0 Å². The predicted octanol–water partition coefficient (Wildman–Crippen LogP) is 14.5. The lowest BCUT2D eigenvalue weighted by Crippen LogP contribution is -2.13. The molecule has 2 aromatic heterocycles. The van der Waals surface area contributed by atoms with Crippen molar-refractivity contribution in [3.63, 3.8) is 0 Å². The molecule has 58 heavy (non-hydrogen) atoms. The van der Waals surface area contributed by atoms with E-state index in [1.54, 1.807) is 0 Å². The molecule has 3 nitrogen and oxygen atoms in total. The van der Waals surface area contributed by atoms with Crippen LogP contribution in [-0.2, 0) is 0 Å². The van der Waals surface area contributed by atoms with Crippen molar-refractivity contribution in [3.05, 3.63) is 225 Å². The van der Waals surface area contributed by atoms with Crippen molar-refractivity contribution >= 4 is 38.8 Å². The van der Waals surface area contributed by atoms with E-state index in [1.165, 1.54) is 44.2 Å². The second-order valence-electron chi connectivity index (χ2n) is 14.8. The van der Waals surface area contributed by atoms with Gasteiger partial charge in [0.15, 0.2) is 0 Å². The topological polar surface area (TPSA) is 21.1 Å². The fraction of sp³-hybridized carbons (Fsp3) is 0.0364. The molecular weight excluding hydrogens is 703 g/mol. The number of anilines is 2. The van der Waals surface area contributed by atoms with Crippen molar-refractivity contribution in [1.82, 2.24) is 9.55 Å². The van der Waals surface area contributed by atoms with Crippen molar-refractivity contribution in [3.8, 4) is 50.5 Å². The van der Waals surface area contributed by atoms with Crippen molar-refractivity contribution in [1.29, 1.82) is 0 Å². The van der Waals surface area contributed by atoms with Gasteiger partial charge in [-0.3, -0.25) is 0 Å². The van der Waals surface area contributed by atoms with E-state index in [1.807, 2.05) is 18.2 Å². The molecule has 0 saturated carbocycles. The van der Waals surface area contributed by atoms with Crippen molar-refractivity contribution in [2.75, 3.05) is 11.4 Å². The highest BCUT2D eigenvalue weighted by Gasteiger charge is 2.25. The van der Waals surface area contributed by atoms with Crippen LogP contribution in [0.15, 0.2) is 219 Å². The Kier molecular flexibility index (Phi) is 9.17. The second kappa shape index (κ2) is 15.2. The first-order valence-corrected chi connectivity index (χ1v) is 19.9. The number of rotatable bonds is 9. The molecule has 1 aliphatic rings. The monoisotopic (exact) mass is 743 g/mol. The first-order chi connectivity index (χ1) is 28.7. The summed E-state index contributed by atoms with van der Waals surface area (Å²) in [7, 11) is 0. The van der Waals surface area contributed by atoms with Crippen LogP contribution in [0.5, 0.6) is 0 Å². The number of benzene rings is 7. The fourth-order valence-electron chi connectivity index (χ4n) is 8.41. The number of allylic oxidation sites excluding steroid dienone is 4. The minimum Gasteiger partial charge on any atom is -0.336 e. The molecule has 3 heterocycles.